The summed E-state index contributed by atoms with van der Waals surface area (Å²) in [5, 5.41) is 12.2. The lowest BCUT2D eigenvalue weighted by Crippen LogP contribution is -2.52. The smallest absolute Gasteiger partial charge is 0.323 e. The molecule has 0 aromatic carbocycles. The molecule has 0 aliphatic carbocycles. The van der Waals surface area contributed by atoms with Crippen molar-refractivity contribution in [2.75, 3.05) is 44.7 Å². The van der Waals surface area contributed by atoms with Crippen molar-refractivity contribution in [1.82, 2.24) is 15.2 Å². The molecular weight excluding hydrogens is 268 g/mol. The minimum absolute atomic E-state index is 0.600. The number of carboxylic acid groups (broad SMARTS) is 1. The molecule has 2 heterocycles. The minimum atomic E-state index is -0.849. The number of rotatable bonds is 6. The molecule has 1 aliphatic heterocycles. The number of likely N-dealkylation sites (N-methyl/N-ethyl adjacent to an activating group) is 1. The van der Waals surface area contributed by atoms with Crippen molar-refractivity contribution in [2.45, 2.75) is 18.9 Å². The Kier molecular flexibility index (Phi) is 5.14. The van der Waals surface area contributed by atoms with Gasteiger partial charge in [-0.3, -0.25) is 9.69 Å². The predicted octanol–water partition coefficient (Wildman–Crippen LogP) is 0.656. The van der Waals surface area contributed by atoms with Crippen molar-refractivity contribution in [2.24, 2.45) is 0 Å². The van der Waals surface area contributed by atoms with Gasteiger partial charge in [-0.15, -0.1) is 0 Å². The van der Waals surface area contributed by atoms with Crippen LogP contribution in [0.5, 0.6) is 0 Å². The Bertz CT molecular complexity index is 460. The van der Waals surface area contributed by atoms with Crippen LogP contribution in [0.3, 0.4) is 0 Å². The lowest BCUT2D eigenvalue weighted by molar-refractivity contribution is -0.144. The van der Waals surface area contributed by atoms with E-state index >= 15 is 0 Å². The first-order valence-corrected chi connectivity index (χ1v) is 7.36. The van der Waals surface area contributed by atoms with E-state index in [9.17, 15) is 9.90 Å². The van der Waals surface area contributed by atoms with Crippen molar-refractivity contribution in [1.29, 1.82) is 0 Å². The molecule has 1 fully saturated rings. The fraction of sp³-hybridized carbons (Fsp3) is 0.600. The molecule has 6 nitrogen and oxygen atoms in total. The number of aliphatic carboxylic acids is 1. The third-order valence-corrected chi connectivity index (χ3v) is 4.30. The lowest BCUT2D eigenvalue weighted by atomic mass is 9.98. The topological polar surface area (TPSA) is 68.7 Å². The minimum Gasteiger partial charge on any atom is -0.480 e. The van der Waals surface area contributed by atoms with Gasteiger partial charge in [-0.1, -0.05) is 6.07 Å². The van der Waals surface area contributed by atoms with Gasteiger partial charge in [-0.2, -0.15) is 0 Å². The molecule has 0 radical (unpaired) electrons. The highest BCUT2D eigenvalue weighted by Gasteiger charge is 2.31. The van der Waals surface area contributed by atoms with Crippen molar-refractivity contribution in [3.05, 3.63) is 24.4 Å². The van der Waals surface area contributed by atoms with E-state index in [0.717, 1.165) is 38.5 Å². The number of anilines is 1. The summed E-state index contributed by atoms with van der Waals surface area (Å²) in [4.78, 5) is 20.2. The normalized spacial score (nSPS) is 19.2. The Balaban J connectivity index is 1.81. The number of carboxylic acids is 1. The second kappa shape index (κ2) is 6.87. The quantitative estimate of drug-likeness (QED) is 0.803. The van der Waals surface area contributed by atoms with Gasteiger partial charge in [0, 0.05) is 38.9 Å². The van der Waals surface area contributed by atoms with Gasteiger partial charge in [-0.25, -0.2) is 4.98 Å². The van der Waals surface area contributed by atoms with Crippen LogP contribution in [0.15, 0.2) is 24.4 Å². The largest absolute Gasteiger partial charge is 0.480 e. The van der Waals surface area contributed by atoms with E-state index in [-0.39, 0.29) is 0 Å². The average molecular weight is 292 g/mol. The van der Waals surface area contributed by atoms with E-state index in [0.29, 0.717) is 6.42 Å². The number of hydrogen-bond acceptors (Lipinski definition) is 5. The molecule has 1 atom stereocenters. The maximum Gasteiger partial charge on any atom is 0.323 e. The summed E-state index contributed by atoms with van der Waals surface area (Å²) < 4.78 is 0. The first-order chi connectivity index (χ1) is 10.0. The zero-order valence-corrected chi connectivity index (χ0v) is 12.7. The molecule has 0 saturated carbocycles. The third kappa shape index (κ3) is 3.92. The zero-order valence-electron chi connectivity index (χ0n) is 12.7. The molecule has 116 valence electrons. The number of hydrogen-bond donors (Lipinski definition) is 2. The van der Waals surface area contributed by atoms with Gasteiger partial charge in [0.2, 0.25) is 0 Å². The van der Waals surface area contributed by atoms with Gasteiger partial charge >= 0.3 is 5.97 Å². The summed E-state index contributed by atoms with van der Waals surface area (Å²) in [6.45, 7) is 6.27. The first kappa shape index (κ1) is 15.7. The van der Waals surface area contributed by atoms with Crippen molar-refractivity contribution in [3.63, 3.8) is 0 Å². The van der Waals surface area contributed by atoms with E-state index in [1.165, 1.54) is 0 Å². The molecule has 0 spiro atoms. The zero-order chi connectivity index (χ0) is 15.3. The van der Waals surface area contributed by atoms with Gasteiger partial charge in [-0.05, 0) is 32.5 Å². The van der Waals surface area contributed by atoms with Crippen molar-refractivity contribution in [3.8, 4) is 0 Å². The Morgan fingerprint density at radius 3 is 2.62 bits per heavy atom. The molecule has 21 heavy (non-hydrogen) atoms. The van der Waals surface area contributed by atoms with Gasteiger partial charge in [0.15, 0.2) is 0 Å². The van der Waals surface area contributed by atoms with Crippen LogP contribution < -0.4 is 10.2 Å². The third-order valence-electron chi connectivity index (χ3n) is 4.30. The van der Waals surface area contributed by atoms with Crippen LogP contribution in [0.25, 0.3) is 0 Å². The summed E-state index contributed by atoms with van der Waals surface area (Å²) >= 11 is 0. The number of carbonyl (C=O) groups is 1. The van der Waals surface area contributed by atoms with E-state index in [1.807, 2.05) is 24.4 Å². The van der Waals surface area contributed by atoms with Crippen molar-refractivity contribution >= 4 is 11.8 Å². The monoisotopic (exact) mass is 292 g/mol. The Labute approximate surface area is 125 Å². The number of aromatic nitrogens is 1. The predicted molar refractivity (Wildman–Crippen MR) is 82.6 cm³/mol. The molecule has 1 aromatic heterocycles. The Morgan fingerprint density at radius 2 is 2.10 bits per heavy atom. The van der Waals surface area contributed by atoms with E-state index in [4.69, 9.17) is 0 Å². The molecule has 6 heteroatoms. The van der Waals surface area contributed by atoms with E-state index in [2.05, 4.69) is 20.1 Å². The molecule has 1 saturated heterocycles. The SMILES string of the molecule is CNC(C)(CCN1CCN(c2ccccn2)CC1)C(=O)O. The maximum atomic E-state index is 11.3. The summed E-state index contributed by atoms with van der Waals surface area (Å²) in [7, 11) is 1.70. The molecule has 0 bridgehead atoms. The summed E-state index contributed by atoms with van der Waals surface area (Å²) in [6.07, 6.45) is 2.41. The Morgan fingerprint density at radius 1 is 1.38 bits per heavy atom. The van der Waals surface area contributed by atoms with Gasteiger partial charge < -0.3 is 15.3 Å². The number of pyridine rings is 1. The van der Waals surface area contributed by atoms with Crippen molar-refractivity contribution < 1.29 is 9.90 Å². The first-order valence-electron chi connectivity index (χ1n) is 7.36. The van der Waals surface area contributed by atoms with Gasteiger partial charge in [0.05, 0.1) is 0 Å². The molecule has 2 rings (SSSR count). The summed E-state index contributed by atoms with van der Waals surface area (Å²) in [5.41, 5.74) is -0.849. The Hall–Kier alpha value is -1.66. The van der Waals surface area contributed by atoms with Crippen LogP contribution in [0, 0.1) is 0 Å². The van der Waals surface area contributed by atoms with Gasteiger partial charge in [0.1, 0.15) is 11.4 Å². The highest BCUT2D eigenvalue weighted by atomic mass is 16.4. The van der Waals surface area contributed by atoms with Crippen LogP contribution in [-0.4, -0.2) is 66.3 Å². The van der Waals surface area contributed by atoms with Crippen LogP contribution in [0.2, 0.25) is 0 Å². The van der Waals surface area contributed by atoms with Crippen LogP contribution in [0.1, 0.15) is 13.3 Å². The second-order valence-corrected chi connectivity index (χ2v) is 5.65. The number of nitrogens with one attached hydrogen (secondary N) is 1. The molecular formula is C15H24N4O2. The summed E-state index contributed by atoms with van der Waals surface area (Å²) in [5.74, 6) is 0.222. The van der Waals surface area contributed by atoms with Crippen LogP contribution in [0.4, 0.5) is 5.82 Å². The lowest BCUT2D eigenvalue weighted by Gasteiger charge is -2.36. The fourth-order valence-electron chi connectivity index (χ4n) is 2.46. The molecule has 1 unspecified atom stereocenters. The van der Waals surface area contributed by atoms with E-state index in [1.54, 1.807) is 14.0 Å². The fourth-order valence-corrected chi connectivity index (χ4v) is 2.46. The molecule has 2 N–H and O–H groups in total. The number of piperazine rings is 1. The standard InChI is InChI=1S/C15H24N4O2/c1-15(16-2,14(20)21)6-8-18-9-11-19(12-10-18)13-5-3-4-7-17-13/h3-5,7,16H,6,8-12H2,1-2H3,(H,20,21). The summed E-state index contributed by atoms with van der Waals surface area (Å²) in [6, 6.07) is 5.95. The molecule has 1 aromatic rings. The molecule has 0 amide bonds. The van der Waals surface area contributed by atoms with E-state index < -0.39 is 11.5 Å². The van der Waals surface area contributed by atoms with Crippen LogP contribution >= 0.6 is 0 Å². The van der Waals surface area contributed by atoms with Gasteiger partial charge in [0.25, 0.3) is 0 Å². The highest BCUT2D eigenvalue weighted by molar-refractivity contribution is 5.78. The highest BCUT2D eigenvalue weighted by Crippen LogP contribution is 2.15. The average Bonchev–Trinajstić information content (AvgIpc) is 2.53. The maximum absolute atomic E-state index is 11.3. The van der Waals surface area contributed by atoms with Crippen LogP contribution in [-0.2, 0) is 4.79 Å². The molecule has 1 aliphatic rings. The number of nitrogens with zero attached hydrogens (tertiary/aromatic N) is 3. The second-order valence-electron chi connectivity index (χ2n) is 5.65.